The van der Waals surface area contributed by atoms with E-state index >= 15 is 0 Å². The fourth-order valence-electron chi connectivity index (χ4n) is 1.05. The Morgan fingerprint density at radius 3 is 2.56 bits per heavy atom. The van der Waals surface area contributed by atoms with Crippen molar-refractivity contribution in [2.75, 3.05) is 0 Å². The molecule has 4 N–H and O–H groups in total. The van der Waals surface area contributed by atoms with Crippen LogP contribution in [0.15, 0.2) is 48.6 Å². The molecule has 0 saturated carbocycles. The molecule has 0 heterocycles. The molecule has 16 heavy (non-hydrogen) atoms. The van der Waals surface area contributed by atoms with E-state index in [0.29, 0.717) is 0 Å². The topological polar surface area (TPSA) is 79.0 Å². The maximum atomic E-state index is 11.0. The minimum absolute atomic E-state index is 0.360. The number of hydrogen-bond donors (Lipinski definition) is 3. The van der Waals surface area contributed by atoms with Gasteiger partial charge in [0.1, 0.15) is 0 Å². The summed E-state index contributed by atoms with van der Waals surface area (Å²) < 4.78 is 0. The van der Waals surface area contributed by atoms with E-state index in [0.717, 1.165) is 5.56 Å². The third kappa shape index (κ3) is 4.76. The van der Waals surface area contributed by atoms with Gasteiger partial charge in [0.05, 0.1) is 0 Å². The van der Waals surface area contributed by atoms with E-state index in [2.05, 4.69) is 5.32 Å². The van der Waals surface area contributed by atoms with Gasteiger partial charge in [-0.2, -0.15) is 0 Å². The van der Waals surface area contributed by atoms with Crippen molar-refractivity contribution in [3.63, 3.8) is 0 Å². The molecule has 1 amide bonds. The van der Waals surface area contributed by atoms with Crippen LogP contribution in [0.1, 0.15) is 5.56 Å². The van der Waals surface area contributed by atoms with Crippen molar-refractivity contribution in [3.8, 4) is 0 Å². The molecule has 0 atom stereocenters. The van der Waals surface area contributed by atoms with Gasteiger partial charge in [-0.15, -0.1) is 0 Å². The molecule has 0 saturated heterocycles. The van der Waals surface area contributed by atoms with Gasteiger partial charge in [-0.05, 0) is 5.56 Å². The maximum absolute atomic E-state index is 11.0. The normalized spacial score (nSPS) is 10.8. The highest BCUT2D eigenvalue weighted by atomic mass is 16.1. The van der Waals surface area contributed by atoms with Crippen molar-refractivity contribution < 1.29 is 4.79 Å². The van der Waals surface area contributed by atoms with E-state index in [9.17, 15) is 4.79 Å². The molecule has 0 aliphatic carbocycles. The fourth-order valence-corrected chi connectivity index (χ4v) is 1.05. The van der Waals surface area contributed by atoms with Gasteiger partial charge in [-0.3, -0.25) is 15.5 Å². The first-order valence-corrected chi connectivity index (χ1v) is 4.73. The van der Waals surface area contributed by atoms with Crippen molar-refractivity contribution in [2.24, 2.45) is 5.73 Å². The Bertz CT molecular complexity index is 421. The monoisotopic (exact) mass is 215 g/mol. The molecule has 4 nitrogen and oxygen atoms in total. The predicted molar refractivity (Wildman–Crippen MR) is 64.7 cm³/mol. The van der Waals surface area contributed by atoms with Gasteiger partial charge < -0.3 is 5.73 Å². The molecule has 0 aliphatic heterocycles. The summed E-state index contributed by atoms with van der Waals surface area (Å²) in [6, 6.07) is 9.73. The lowest BCUT2D eigenvalue weighted by molar-refractivity contribution is -0.115. The second kappa shape index (κ2) is 6.19. The zero-order valence-corrected chi connectivity index (χ0v) is 8.68. The number of rotatable bonds is 3. The van der Waals surface area contributed by atoms with Crippen LogP contribution in [0.4, 0.5) is 0 Å². The molecule has 0 fully saturated rings. The molecule has 1 rings (SSSR count). The van der Waals surface area contributed by atoms with E-state index in [1.807, 2.05) is 36.4 Å². The number of guanidine groups is 1. The Labute approximate surface area is 94.0 Å². The zero-order valence-electron chi connectivity index (χ0n) is 8.68. The van der Waals surface area contributed by atoms with Crippen LogP contribution in [-0.4, -0.2) is 11.9 Å². The molecule has 0 aromatic heterocycles. The minimum atomic E-state index is -0.412. The highest BCUT2D eigenvalue weighted by Crippen LogP contribution is 2.00. The molecular formula is C12H13N3O. The van der Waals surface area contributed by atoms with E-state index in [1.54, 1.807) is 12.2 Å². The van der Waals surface area contributed by atoms with Crippen LogP contribution in [-0.2, 0) is 4.79 Å². The summed E-state index contributed by atoms with van der Waals surface area (Å²) in [7, 11) is 0. The maximum Gasteiger partial charge on any atom is 0.250 e. The highest BCUT2D eigenvalue weighted by molar-refractivity contribution is 6.00. The van der Waals surface area contributed by atoms with Crippen molar-refractivity contribution >= 4 is 17.9 Å². The largest absolute Gasteiger partial charge is 0.370 e. The molecule has 1 aromatic rings. The molecule has 1 aromatic carbocycles. The van der Waals surface area contributed by atoms with Crippen LogP contribution in [0.25, 0.3) is 6.08 Å². The van der Waals surface area contributed by atoms with Gasteiger partial charge in [0, 0.05) is 6.08 Å². The lowest BCUT2D eigenvalue weighted by Gasteiger charge is -1.94. The lowest BCUT2D eigenvalue weighted by atomic mass is 10.2. The molecule has 4 heteroatoms. The van der Waals surface area contributed by atoms with Crippen molar-refractivity contribution in [1.82, 2.24) is 5.32 Å². The van der Waals surface area contributed by atoms with Gasteiger partial charge in [0.15, 0.2) is 5.96 Å². The van der Waals surface area contributed by atoms with Crippen molar-refractivity contribution in [3.05, 3.63) is 54.1 Å². The summed E-state index contributed by atoms with van der Waals surface area (Å²) in [5.74, 6) is -0.771. The predicted octanol–water partition coefficient (Wildman–Crippen LogP) is 1.27. The first kappa shape index (κ1) is 11.7. The zero-order chi connectivity index (χ0) is 11.8. The molecule has 0 aliphatic rings. The standard InChI is InChI=1S/C12H13N3O/c13-12(14)15-11(16)9-5-4-8-10-6-2-1-3-7-10/h1-9H,(H4,13,14,15,16). The third-order valence-electron chi connectivity index (χ3n) is 1.70. The molecule has 0 bridgehead atoms. The lowest BCUT2D eigenvalue weighted by Crippen LogP contribution is -2.34. The number of nitrogens with one attached hydrogen (secondary N) is 2. The number of carbonyl (C=O) groups excluding carboxylic acids is 1. The minimum Gasteiger partial charge on any atom is -0.370 e. The van der Waals surface area contributed by atoms with E-state index in [1.165, 1.54) is 6.08 Å². The Hall–Kier alpha value is -2.36. The summed E-state index contributed by atoms with van der Waals surface area (Å²) in [5.41, 5.74) is 6.04. The summed E-state index contributed by atoms with van der Waals surface area (Å²) >= 11 is 0. The number of amides is 1. The number of benzene rings is 1. The number of carbonyl (C=O) groups is 1. The van der Waals surface area contributed by atoms with Gasteiger partial charge >= 0.3 is 0 Å². The quantitative estimate of drug-likeness (QED) is 0.307. The van der Waals surface area contributed by atoms with E-state index in [-0.39, 0.29) is 5.96 Å². The molecule has 82 valence electrons. The number of allylic oxidation sites excluding steroid dienone is 2. The van der Waals surface area contributed by atoms with Crippen LogP contribution in [0.5, 0.6) is 0 Å². The first-order valence-electron chi connectivity index (χ1n) is 4.73. The van der Waals surface area contributed by atoms with Crippen LogP contribution in [0, 0.1) is 5.41 Å². The van der Waals surface area contributed by atoms with Crippen LogP contribution < -0.4 is 11.1 Å². The van der Waals surface area contributed by atoms with E-state index in [4.69, 9.17) is 11.1 Å². The van der Waals surface area contributed by atoms with E-state index < -0.39 is 5.91 Å². The Morgan fingerprint density at radius 1 is 1.25 bits per heavy atom. The average molecular weight is 215 g/mol. The van der Waals surface area contributed by atoms with Gasteiger partial charge in [0.25, 0.3) is 5.91 Å². The van der Waals surface area contributed by atoms with Crippen LogP contribution in [0.3, 0.4) is 0 Å². The summed E-state index contributed by atoms with van der Waals surface area (Å²) in [5, 5.41) is 8.98. The fraction of sp³-hybridized carbons (Fsp3) is 0. The highest BCUT2D eigenvalue weighted by Gasteiger charge is 1.93. The number of hydrogen-bond acceptors (Lipinski definition) is 2. The van der Waals surface area contributed by atoms with Crippen LogP contribution in [0.2, 0.25) is 0 Å². The molecule has 0 radical (unpaired) electrons. The second-order valence-corrected chi connectivity index (χ2v) is 3.03. The Balaban J connectivity index is 2.45. The van der Waals surface area contributed by atoms with Gasteiger partial charge in [-0.1, -0.05) is 48.6 Å². The average Bonchev–Trinajstić information content (AvgIpc) is 2.25. The number of nitrogens with two attached hydrogens (primary N) is 1. The summed E-state index contributed by atoms with van der Waals surface area (Å²) in [6.07, 6.45) is 6.51. The van der Waals surface area contributed by atoms with Crippen LogP contribution >= 0.6 is 0 Å². The SMILES string of the molecule is N=C(N)NC(=O)C=CC=Cc1ccccc1. The van der Waals surface area contributed by atoms with Crippen molar-refractivity contribution in [2.45, 2.75) is 0 Å². The van der Waals surface area contributed by atoms with Crippen molar-refractivity contribution in [1.29, 1.82) is 5.41 Å². The Kier molecular flexibility index (Phi) is 4.53. The van der Waals surface area contributed by atoms with Gasteiger partial charge in [-0.25, -0.2) is 0 Å². The molecule has 0 spiro atoms. The summed E-state index contributed by atoms with van der Waals surface area (Å²) in [6.45, 7) is 0. The first-order chi connectivity index (χ1) is 7.68. The second-order valence-electron chi connectivity index (χ2n) is 3.03. The Morgan fingerprint density at radius 2 is 1.94 bits per heavy atom. The van der Waals surface area contributed by atoms with Gasteiger partial charge in [0.2, 0.25) is 0 Å². The molecule has 0 unspecified atom stereocenters. The smallest absolute Gasteiger partial charge is 0.250 e. The third-order valence-corrected chi connectivity index (χ3v) is 1.70. The summed E-state index contributed by atoms with van der Waals surface area (Å²) in [4.78, 5) is 11.0. The molecular weight excluding hydrogens is 202 g/mol.